The average molecular weight is 883 g/mol. The van der Waals surface area contributed by atoms with E-state index in [0.717, 1.165) is 40.6 Å². The molecule has 16 heteroatoms. The molecular formula is C44H51Cl2F2N7O4S. The Morgan fingerprint density at radius 3 is 1.58 bits per heavy atom. The predicted molar refractivity (Wildman–Crippen MR) is 237 cm³/mol. The fourth-order valence-electron chi connectivity index (χ4n) is 6.91. The lowest BCUT2D eigenvalue weighted by Gasteiger charge is -2.39. The van der Waals surface area contributed by atoms with Crippen LogP contribution in [0, 0.1) is 11.6 Å². The normalized spacial score (nSPS) is 17.9. The number of hydrogen-bond donors (Lipinski definition) is 2. The first-order valence-electron chi connectivity index (χ1n) is 19.4. The van der Waals surface area contributed by atoms with Crippen molar-refractivity contribution in [2.45, 2.75) is 39.0 Å². The fourth-order valence-corrected chi connectivity index (χ4v) is 7.90. The van der Waals surface area contributed by atoms with E-state index in [2.05, 4.69) is 14.5 Å². The molecule has 3 N–H and O–H groups in total. The molecule has 4 aromatic carbocycles. The van der Waals surface area contributed by atoms with Crippen LogP contribution in [-0.2, 0) is 32.9 Å². The van der Waals surface area contributed by atoms with Gasteiger partial charge in [-0.2, -0.15) is 12.7 Å². The van der Waals surface area contributed by atoms with E-state index in [0.29, 0.717) is 54.0 Å². The number of benzene rings is 4. The lowest BCUT2D eigenvalue weighted by atomic mass is 10.1. The minimum atomic E-state index is -3.72. The summed E-state index contributed by atoms with van der Waals surface area (Å²) in [6.07, 6.45) is 6.32. The van der Waals surface area contributed by atoms with Gasteiger partial charge in [-0.25, -0.2) is 8.78 Å². The largest absolute Gasteiger partial charge is 0.398 e. The molecule has 0 spiro atoms. The third-order valence-electron chi connectivity index (χ3n) is 10.2. The first kappa shape index (κ1) is 46.2. The topological polar surface area (TPSA) is 123 Å². The Kier molecular flexibility index (Phi) is 16.3. The number of amides is 2. The van der Waals surface area contributed by atoms with E-state index in [4.69, 9.17) is 28.9 Å². The average Bonchev–Trinajstić information content (AvgIpc) is 3.19. The zero-order chi connectivity index (χ0) is 43.6. The number of piperazine rings is 2. The lowest BCUT2D eigenvalue weighted by Crippen LogP contribution is -2.53. The SMILES string of the molecule is C[C@@H]1CN(Cc2ccc(F)cc2)CCN1C(=O)/C=C/c1ccc(Cl)cc1N.C[C@@H]1CN(Cc2ccc(F)cc2)CCN1C(=O)/C=C/c1ccc(Cl)cc1NS(=O)(=O)N(C)C. The summed E-state index contributed by atoms with van der Waals surface area (Å²) in [5, 5.41) is 0.947. The molecule has 0 aliphatic carbocycles. The zero-order valence-corrected chi connectivity index (χ0v) is 36.4. The van der Waals surface area contributed by atoms with Gasteiger partial charge in [0.2, 0.25) is 11.8 Å². The number of carbonyl (C=O) groups excluding carboxylic acids is 2. The highest BCUT2D eigenvalue weighted by atomic mass is 35.5. The van der Waals surface area contributed by atoms with Crippen LogP contribution in [0.15, 0.2) is 97.1 Å². The third-order valence-corrected chi connectivity index (χ3v) is 12.1. The molecule has 2 heterocycles. The van der Waals surface area contributed by atoms with E-state index in [1.54, 1.807) is 77.7 Å². The standard InChI is InChI=1S/C23H28ClFN4O3S.C21H23ClFN3O/c1-17-15-28(16-18-4-9-21(25)10-5-18)12-13-29(17)23(30)11-7-19-6-8-20(24)14-22(19)26-33(31,32)27(2)3;1-15-13-25(14-16-2-7-19(23)8-3-16)10-11-26(15)21(27)9-5-17-4-6-18(22)12-20(17)24/h4-11,14,17,26H,12-13,15-16H2,1-3H3;2-9,12,15H,10-11,13-14,24H2,1H3/b11-7+;9-5+/t17-;15-/m11/s1. The van der Waals surface area contributed by atoms with Gasteiger partial charge in [-0.05, 0) is 96.8 Å². The Bertz CT molecular complexity index is 2280. The van der Waals surface area contributed by atoms with Gasteiger partial charge in [-0.1, -0.05) is 59.6 Å². The summed E-state index contributed by atoms with van der Waals surface area (Å²) in [6, 6.07) is 23.1. The van der Waals surface area contributed by atoms with E-state index >= 15 is 0 Å². The van der Waals surface area contributed by atoms with Crippen molar-refractivity contribution >= 4 is 68.8 Å². The fraction of sp³-hybridized carbons (Fsp3) is 0.318. The second kappa shape index (κ2) is 21.1. The summed E-state index contributed by atoms with van der Waals surface area (Å²) >= 11 is 11.9. The zero-order valence-electron chi connectivity index (χ0n) is 34.1. The van der Waals surface area contributed by atoms with Crippen LogP contribution in [0.4, 0.5) is 20.2 Å². The maximum absolute atomic E-state index is 13.1. The highest BCUT2D eigenvalue weighted by Crippen LogP contribution is 2.25. The number of rotatable bonds is 11. The molecule has 0 saturated carbocycles. The summed E-state index contributed by atoms with van der Waals surface area (Å²) in [7, 11) is -0.884. The Morgan fingerprint density at radius 1 is 0.717 bits per heavy atom. The van der Waals surface area contributed by atoms with Gasteiger partial charge in [0.1, 0.15) is 11.6 Å². The summed E-state index contributed by atoms with van der Waals surface area (Å²) in [5.74, 6) is -0.665. The Balaban J connectivity index is 0.000000232. The van der Waals surface area contributed by atoms with Crippen molar-refractivity contribution in [3.8, 4) is 0 Å². The van der Waals surface area contributed by atoms with Crippen LogP contribution in [0.3, 0.4) is 0 Å². The third kappa shape index (κ3) is 13.3. The number of nitrogens with two attached hydrogens (primary N) is 1. The number of nitrogens with one attached hydrogen (secondary N) is 1. The molecule has 6 rings (SSSR count). The van der Waals surface area contributed by atoms with E-state index in [9.17, 15) is 26.8 Å². The van der Waals surface area contributed by atoms with Gasteiger partial charge in [0.25, 0.3) is 0 Å². The first-order valence-corrected chi connectivity index (χ1v) is 21.6. The van der Waals surface area contributed by atoms with Crippen molar-refractivity contribution in [3.63, 3.8) is 0 Å². The van der Waals surface area contributed by atoms with Crippen LogP contribution < -0.4 is 10.5 Å². The monoisotopic (exact) mass is 881 g/mol. The number of nitrogens with zero attached hydrogens (tertiary/aromatic N) is 5. The number of hydrogen-bond acceptors (Lipinski definition) is 7. The molecule has 0 unspecified atom stereocenters. The van der Waals surface area contributed by atoms with Gasteiger partial charge in [-0.15, -0.1) is 0 Å². The first-order chi connectivity index (χ1) is 28.5. The summed E-state index contributed by atoms with van der Waals surface area (Å²) in [4.78, 5) is 33.6. The highest BCUT2D eigenvalue weighted by Gasteiger charge is 2.27. The molecule has 4 aromatic rings. The molecule has 0 radical (unpaired) electrons. The van der Waals surface area contributed by atoms with Crippen molar-refractivity contribution in [3.05, 3.63) is 141 Å². The molecule has 11 nitrogen and oxygen atoms in total. The van der Waals surface area contributed by atoms with Crippen LogP contribution >= 0.6 is 23.2 Å². The molecule has 2 aliphatic rings. The summed E-state index contributed by atoms with van der Waals surface area (Å²) in [5.41, 5.74) is 10.2. The molecule has 2 fully saturated rings. The van der Waals surface area contributed by atoms with Gasteiger partial charge in [0.15, 0.2) is 0 Å². The molecule has 0 bridgehead atoms. The smallest absolute Gasteiger partial charge is 0.301 e. The van der Waals surface area contributed by atoms with E-state index in [1.807, 2.05) is 18.7 Å². The maximum Gasteiger partial charge on any atom is 0.301 e. The molecule has 2 aliphatic heterocycles. The predicted octanol–water partition coefficient (Wildman–Crippen LogP) is 7.25. The van der Waals surface area contributed by atoms with Crippen molar-refractivity contribution in [2.24, 2.45) is 0 Å². The quantitative estimate of drug-likeness (QED) is 0.120. The van der Waals surface area contributed by atoms with Gasteiger partial charge < -0.3 is 15.5 Å². The molecule has 0 aromatic heterocycles. The van der Waals surface area contributed by atoms with Gasteiger partial charge in [-0.3, -0.25) is 24.1 Å². The second-order valence-electron chi connectivity index (χ2n) is 15.0. The summed E-state index contributed by atoms with van der Waals surface area (Å²) < 4.78 is 54.1. The molecule has 320 valence electrons. The van der Waals surface area contributed by atoms with E-state index in [-0.39, 0.29) is 41.2 Å². The lowest BCUT2D eigenvalue weighted by molar-refractivity contribution is -0.131. The minimum Gasteiger partial charge on any atom is -0.398 e. The Hall–Kier alpha value is -4.83. The van der Waals surface area contributed by atoms with Gasteiger partial charge in [0.05, 0.1) is 5.69 Å². The number of anilines is 2. The van der Waals surface area contributed by atoms with E-state index < -0.39 is 10.2 Å². The van der Waals surface area contributed by atoms with Crippen LogP contribution in [0.25, 0.3) is 12.2 Å². The van der Waals surface area contributed by atoms with Gasteiger partial charge in [0, 0.05) is 106 Å². The van der Waals surface area contributed by atoms with Crippen LogP contribution in [0.1, 0.15) is 36.1 Å². The maximum atomic E-state index is 13.1. The van der Waals surface area contributed by atoms with Crippen LogP contribution in [-0.4, -0.2) is 110 Å². The van der Waals surface area contributed by atoms with Crippen LogP contribution in [0.5, 0.6) is 0 Å². The number of nitrogen functional groups attached to an aromatic ring is 1. The van der Waals surface area contributed by atoms with Crippen molar-refractivity contribution < 1.29 is 26.8 Å². The van der Waals surface area contributed by atoms with Crippen molar-refractivity contribution in [1.29, 1.82) is 0 Å². The van der Waals surface area contributed by atoms with Crippen molar-refractivity contribution in [2.75, 3.05) is 63.8 Å². The molecular weight excluding hydrogens is 831 g/mol. The van der Waals surface area contributed by atoms with Crippen LogP contribution in [0.2, 0.25) is 10.0 Å². The summed E-state index contributed by atoms with van der Waals surface area (Å²) in [6.45, 7) is 9.66. The molecule has 60 heavy (non-hydrogen) atoms. The molecule has 2 saturated heterocycles. The molecule has 2 amide bonds. The van der Waals surface area contributed by atoms with E-state index in [1.165, 1.54) is 50.5 Å². The number of carbonyl (C=O) groups is 2. The molecule has 2 atom stereocenters. The minimum absolute atomic E-state index is 0.00622. The number of halogens is 4. The van der Waals surface area contributed by atoms with Gasteiger partial charge >= 0.3 is 10.2 Å². The highest BCUT2D eigenvalue weighted by molar-refractivity contribution is 7.90. The Labute approximate surface area is 361 Å². The van der Waals surface area contributed by atoms with Crippen molar-refractivity contribution in [1.82, 2.24) is 23.9 Å². The Morgan fingerprint density at radius 2 is 1.15 bits per heavy atom. The second-order valence-corrected chi connectivity index (χ2v) is 17.8.